The Hall–Kier alpha value is -2.47. The molecule has 0 amide bonds. The number of hydrogen-bond donors (Lipinski definition) is 2. The Labute approximate surface area is 141 Å². The van der Waals surface area contributed by atoms with E-state index in [9.17, 15) is 4.79 Å². The number of pyridine rings is 1. The van der Waals surface area contributed by atoms with E-state index in [0.29, 0.717) is 23.8 Å². The Morgan fingerprint density at radius 1 is 1.26 bits per heavy atom. The van der Waals surface area contributed by atoms with E-state index in [1.807, 2.05) is 25.1 Å². The molecule has 0 atom stereocenters. The number of esters is 1. The van der Waals surface area contributed by atoms with Gasteiger partial charge in [-0.15, -0.1) is 0 Å². The van der Waals surface area contributed by atoms with Gasteiger partial charge < -0.3 is 15.4 Å². The van der Waals surface area contributed by atoms with Crippen molar-refractivity contribution in [2.24, 2.45) is 0 Å². The number of carbonyl (C=O) groups excluding carboxylic acids is 1. The average molecular weight is 329 g/mol. The van der Waals surface area contributed by atoms with Gasteiger partial charge in [0.15, 0.2) is 5.11 Å². The van der Waals surface area contributed by atoms with E-state index in [1.54, 1.807) is 31.5 Å². The third-order valence-corrected chi connectivity index (χ3v) is 3.45. The smallest absolute Gasteiger partial charge is 0.338 e. The first kappa shape index (κ1) is 16.9. The van der Waals surface area contributed by atoms with Crippen molar-refractivity contribution in [1.29, 1.82) is 0 Å². The summed E-state index contributed by atoms with van der Waals surface area (Å²) in [4.78, 5) is 15.8. The van der Waals surface area contributed by atoms with Crippen LogP contribution in [0.25, 0.3) is 0 Å². The number of benzene rings is 1. The Bertz CT molecular complexity index is 689. The average Bonchev–Trinajstić information content (AvgIpc) is 2.56. The molecule has 23 heavy (non-hydrogen) atoms. The van der Waals surface area contributed by atoms with Crippen LogP contribution in [0, 0.1) is 6.92 Å². The van der Waals surface area contributed by atoms with Gasteiger partial charge in [-0.2, -0.15) is 0 Å². The molecule has 0 fully saturated rings. The number of thiocarbonyl (C=S) groups is 1. The van der Waals surface area contributed by atoms with Crippen molar-refractivity contribution >= 4 is 29.0 Å². The summed E-state index contributed by atoms with van der Waals surface area (Å²) in [5.74, 6) is -0.341. The molecule has 5 nitrogen and oxygen atoms in total. The van der Waals surface area contributed by atoms with Crippen molar-refractivity contribution in [3.05, 3.63) is 59.4 Å². The van der Waals surface area contributed by atoms with Gasteiger partial charge >= 0.3 is 5.97 Å². The Morgan fingerprint density at radius 3 is 2.70 bits per heavy atom. The summed E-state index contributed by atoms with van der Waals surface area (Å²) in [6.45, 7) is 4.68. The van der Waals surface area contributed by atoms with Crippen molar-refractivity contribution in [1.82, 2.24) is 10.3 Å². The molecule has 6 heteroatoms. The molecule has 0 aliphatic heterocycles. The van der Waals surface area contributed by atoms with Gasteiger partial charge in [0.05, 0.1) is 12.2 Å². The molecule has 0 bridgehead atoms. The maximum atomic E-state index is 11.8. The van der Waals surface area contributed by atoms with Crippen LogP contribution in [0.1, 0.15) is 28.4 Å². The standard InChI is InChI=1S/C17H19N3O2S/c1-3-22-16(21)14-5-4-12(2)15(10-14)20-17(23)19-11-13-6-8-18-9-7-13/h4-10H,3,11H2,1-2H3,(H2,19,20,23). The molecule has 120 valence electrons. The van der Waals surface area contributed by atoms with Crippen LogP contribution in [0.2, 0.25) is 0 Å². The van der Waals surface area contributed by atoms with Gasteiger partial charge in [-0.05, 0) is 61.5 Å². The number of anilines is 1. The molecule has 0 aliphatic carbocycles. The van der Waals surface area contributed by atoms with Gasteiger partial charge in [0.1, 0.15) is 0 Å². The molecule has 2 aromatic rings. The maximum absolute atomic E-state index is 11.8. The zero-order chi connectivity index (χ0) is 16.7. The van der Waals surface area contributed by atoms with Crippen LogP contribution in [0.3, 0.4) is 0 Å². The van der Waals surface area contributed by atoms with Crippen LogP contribution < -0.4 is 10.6 Å². The van der Waals surface area contributed by atoms with Crippen molar-refractivity contribution in [3.8, 4) is 0 Å². The fourth-order valence-electron chi connectivity index (χ4n) is 1.95. The number of aromatic nitrogens is 1. The highest BCUT2D eigenvalue weighted by atomic mass is 32.1. The molecule has 2 N–H and O–H groups in total. The first-order valence-electron chi connectivity index (χ1n) is 7.31. The molecule has 1 aromatic heterocycles. The van der Waals surface area contributed by atoms with Gasteiger partial charge in [0.2, 0.25) is 0 Å². The van der Waals surface area contributed by atoms with E-state index >= 15 is 0 Å². The summed E-state index contributed by atoms with van der Waals surface area (Å²) in [6.07, 6.45) is 3.47. The zero-order valence-corrected chi connectivity index (χ0v) is 13.9. The van der Waals surface area contributed by atoms with Gasteiger partial charge in [-0.25, -0.2) is 4.79 Å². The van der Waals surface area contributed by atoms with Crippen molar-refractivity contribution in [3.63, 3.8) is 0 Å². The largest absolute Gasteiger partial charge is 0.462 e. The highest BCUT2D eigenvalue weighted by Crippen LogP contribution is 2.17. The van der Waals surface area contributed by atoms with Gasteiger partial charge in [-0.1, -0.05) is 6.07 Å². The van der Waals surface area contributed by atoms with Crippen molar-refractivity contribution in [2.45, 2.75) is 20.4 Å². The summed E-state index contributed by atoms with van der Waals surface area (Å²) >= 11 is 5.30. The quantitative estimate of drug-likeness (QED) is 0.649. The Kier molecular flexibility index (Phi) is 6.05. The van der Waals surface area contributed by atoms with E-state index in [4.69, 9.17) is 17.0 Å². The molecule has 0 spiro atoms. The second-order valence-electron chi connectivity index (χ2n) is 4.91. The molecule has 2 rings (SSSR count). The molecule has 0 saturated carbocycles. The normalized spacial score (nSPS) is 10.0. The predicted octanol–water partition coefficient (Wildman–Crippen LogP) is 3.05. The first-order valence-corrected chi connectivity index (χ1v) is 7.72. The van der Waals surface area contributed by atoms with Gasteiger partial charge in [0, 0.05) is 24.6 Å². The minimum atomic E-state index is -0.341. The minimum Gasteiger partial charge on any atom is -0.462 e. The van der Waals surface area contributed by atoms with E-state index in [2.05, 4.69) is 15.6 Å². The monoisotopic (exact) mass is 329 g/mol. The van der Waals surface area contributed by atoms with Crippen molar-refractivity contribution < 1.29 is 9.53 Å². The predicted molar refractivity (Wildman–Crippen MR) is 94.4 cm³/mol. The number of rotatable bonds is 5. The topological polar surface area (TPSA) is 63.2 Å². The number of aryl methyl sites for hydroxylation is 1. The first-order chi connectivity index (χ1) is 11.1. The second-order valence-corrected chi connectivity index (χ2v) is 5.32. The SMILES string of the molecule is CCOC(=O)c1ccc(C)c(NC(=S)NCc2ccncc2)c1. The fourth-order valence-corrected chi connectivity index (χ4v) is 2.13. The third kappa shape index (κ3) is 5.03. The van der Waals surface area contributed by atoms with E-state index < -0.39 is 0 Å². The highest BCUT2D eigenvalue weighted by molar-refractivity contribution is 7.80. The zero-order valence-electron chi connectivity index (χ0n) is 13.1. The van der Waals surface area contributed by atoms with Crippen LogP contribution in [0.15, 0.2) is 42.7 Å². The summed E-state index contributed by atoms with van der Waals surface area (Å²) in [5.41, 5.74) is 3.35. The van der Waals surface area contributed by atoms with Crippen LogP contribution in [-0.4, -0.2) is 22.7 Å². The molecule has 1 aromatic carbocycles. The van der Waals surface area contributed by atoms with Crippen molar-refractivity contribution in [2.75, 3.05) is 11.9 Å². The number of ether oxygens (including phenoxy) is 1. The lowest BCUT2D eigenvalue weighted by atomic mass is 10.1. The molecule has 0 aliphatic rings. The Balaban J connectivity index is 1.99. The number of nitrogens with zero attached hydrogens (tertiary/aromatic N) is 1. The van der Waals surface area contributed by atoms with E-state index in [-0.39, 0.29) is 5.97 Å². The molecule has 1 heterocycles. The van der Waals surface area contributed by atoms with Crippen LogP contribution in [0.4, 0.5) is 5.69 Å². The van der Waals surface area contributed by atoms with E-state index in [1.165, 1.54) is 0 Å². The lowest BCUT2D eigenvalue weighted by molar-refractivity contribution is 0.0526. The molecular formula is C17H19N3O2S. The fraction of sp³-hybridized carbons (Fsp3) is 0.235. The van der Waals surface area contributed by atoms with E-state index in [0.717, 1.165) is 16.8 Å². The minimum absolute atomic E-state index is 0.341. The lowest BCUT2D eigenvalue weighted by Gasteiger charge is -2.13. The van der Waals surface area contributed by atoms with Gasteiger partial charge in [0.25, 0.3) is 0 Å². The molecule has 0 radical (unpaired) electrons. The summed E-state index contributed by atoms with van der Waals surface area (Å²) in [6, 6.07) is 9.18. The number of carbonyl (C=O) groups is 1. The maximum Gasteiger partial charge on any atom is 0.338 e. The second kappa shape index (κ2) is 8.24. The highest BCUT2D eigenvalue weighted by Gasteiger charge is 2.09. The Morgan fingerprint density at radius 2 is 2.00 bits per heavy atom. The summed E-state index contributed by atoms with van der Waals surface area (Å²) in [7, 11) is 0. The summed E-state index contributed by atoms with van der Waals surface area (Å²) < 4.78 is 5.01. The number of nitrogens with one attached hydrogen (secondary N) is 2. The summed E-state index contributed by atoms with van der Waals surface area (Å²) in [5, 5.41) is 6.73. The van der Waals surface area contributed by atoms with Crippen LogP contribution in [-0.2, 0) is 11.3 Å². The molecular weight excluding hydrogens is 310 g/mol. The number of hydrogen-bond acceptors (Lipinski definition) is 4. The molecule has 0 unspecified atom stereocenters. The lowest BCUT2D eigenvalue weighted by Crippen LogP contribution is -2.28. The third-order valence-electron chi connectivity index (χ3n) is 3.20. The molecule has 0 saturated heterocycles. The van der Waals surface area contributed by atoms with Crippen LogP contribution >= 0.6 is 12.2 Å². The van der Waals surface area contributed by atoms with Crippen LogP contribution in [0.5, 0.6) is 0 Å². The van der Waals surface area contributed by atoms with Gasteiger partial charge in [-0.3, -0.25) is 4.98 Å².